The van der Waals surface area contributed by atoms with E-state index in [0.717, 1.165) is 38.1 Å². The summed E-state index contributed by atoms with van der Waals surface area (Å²) in [5.74, 6) is 0.997. The Kier molecular flexibility index (Phi) is 6.12. The van der Waals surface area contributed by atoms with Gasteiger partial charge >= 0.3 is 6.18 Å². The van der Waals surface area contributed by atoms with E-state index in [1.165, 1.54) is 22.6 Å². The maximum Gasteiger partial charge on any atom is 0.416 e. The Morgan fingerprint density at radius 1 is 1.00 bits per heavy atom. The molecule has 32 heavy (non-hydrogen) atoms. The van der Waals surface area contributed by atoms with Gasteiger partial charge in [0.1, 0.15) is 5.82 Å². The first-order valence-corrected chi connectivity index (χ1v) is 10.4. The van der Waals surface area contributed by atoms with Crippen LogP contribution in [-0.2, 0) is 6.18 Å². The summed E-state index contributed by atoms with van der Waals surface area (Å²) in [5, 5.41) is 0. The van der Waals surface area contributed by atoms with Crippen molar-refractivity contribution in [2.24, 2.45) is 0 Å². The molecule has 1 aliphatic rings. The number of piperidine rings is 1. The lowest BCUT2D eigenvalue weighted by molar-refractivity contribution is -0.137. The molecule has 5 nitrogen and oxygen atoms in total. The van der Waals surface area contributed by atoms with E-state index < -0.39 is 17.6 Å². The number of rotatable bonds is 4. The number of carbonyl (C=O) groups is 1. The summed E-state index contributed by atoms with van der Waals surface area (Å²) >= 11 is 0. The van der Waals surface area contributed by atoms with E-state index in [4.69, 9.17) is 0 Å². The van der Waals surface area contributed by atoms with Gasteiger partial charge in [-0.3, -0.25) is 9.69 Å². The molecule has 4 rings (SSSR count). The molecular formula is C24H23F3N4O. The third-order valence-corrected chi connectivity index (χ3v) is 5.78. The second-order valence-corrected chi connectivity index (χ2v) is 7.83. The van der Waals surface area contributed by atoms with Crippen LogP contribution in [0.5, 0.6) is 0 Å². The third kappa shape index (κ3) is 4.74. The summed E-state index contributed by atoms with van der Waals surface area (Å²) in [6, 6.07) is 16.2. The van der Waals surface area contributed by atoms with Crippen LogP contribution in [0.3, 0.4) is 0 Å². The number of anilines is 2. The summed E-state index contributed by atoms with van der Waals surface area (Å²) in [6.45, 7) is 1.61. The molecule has 0 aliphatic carbocycles. The Labute approximate surface area is 184 Å². The first-order valence-electron chi connectivity index (χ1n) is 10.4. The number of benzene rings is 2. The molecule has 0 radical (unpaired) electrons. The van der Waals surface area contributed by atoms with Gasteiger partial charge in [-0.1, -0.05) is 30.3 Å². The first-order chi connectivity index (χ1) is 15.3. The first kappa shape index (κ1) is 21.8. The fraction of sp³-hybridized carbons (Fsp3) is 0.292. The Hall–Kier alpha value is -3.42. The van der Waals surface area contributed by atoms with Crippen molar-refractivity contribution in [2.45, 2.75) is 24.9 Å². The van der Waals surface area contributed by atoms with Crippen molar-refractivity contribution < 1.29 is 18.0 Å². The highest BCUT2D eigenvalue weighted by molar-refractivity contribution is 6.05. The van der Waals surface area contributed by atoms with Crippen LogP contribution >= 0.6 is 0 Å². The minimum atomic E-state index is -4.44. The summed E-state index contributed by atoms with van der Waals surface area (Å²) in [4.78, 5) is 25.1. The van der Waals surface area contributed by atoms with Crippen LogP contribution < -0.4 is 9.80 Å². The Morgan fingerprint density at radius 2 is 1.66 bits per heavy atom. The van der Waals surface area contributed by atoms with E-state index in [0.29, 0.717) is 17.7 Å². The van der Waals surface area contributed by atoms with Crippen molar-refractivity contribution in [1.29, 1.82) is 0 Å². The van der Waals surface area contributed by atoms with Gasteiger partial charge in [0.2, 0.25) is 5.95 Å². The van der Waals surface area contributed by atoms with Crippen molar-refractivity contribution in [1.82, 2.24) is 9.97 Å². The number of alkyl halides is 3. The summed E-state index contributed by atoms with van der Waals surface area (Å²) in [7, 11) is 1.55. The van der Waals surface area contributed by atoms with Crippen molar-refractivity contribution in [3.8, 4) is 0 Å². The molecule has 0 unspecified atom stereocenters. The second kappa shape index (κ2) is 8.98. The zero-order valence-corrected chi connectivity index (χ0v) is 17.6. The van der Waals surface area contributed by atoms with Gasteiger partial charge in [-0.2, -0.15) is 18.2 Å². The highest BCUT2D eigenvalue weighted by atomic mass is 19.4. The predicted molar refractivity (Wildman–Crippen MR) is 117 cm³/mol. The van der Waals surface area contributed by atoms with Gasteiger partial charge in [-0.25, -0.2) is 4.98 Å². The molecular weight excluding hydrogens is 417 g/mol. The van der Waals surface area contributed by atoms with Crippen LogP contribution in [0.2, 0.25) is 0 Å². The fourth-order valence-corrected chi connectivity index (χ4v) is 3.92. The predicted octanol–water partition coefficient (Wildman–Crippen LogP) is 5.16. The molecule has 1 fully saturated rings. The normalized spacial score (nSPS) is 14.9. The lowest BCUT2D eigenvalue weighted by atomic mass is 9.90. The van der Waals surface area contributed by atoms with Crippen LogP contribution in [-0.4, -0.2) is 36.0 Å². The maximum atomic E-state index is 12.8. The standard InChI is InChI=1S/C24H23F3N4O/c1-30(22(32)19-7-9-20(10-8-19)24(25,26)27)21-11-14-28-23(29-21)31-15-12-18(13-16-31)17-5-3-2-4-6-17/h2-11,14,18H,12-13,15-16H2,1H3. The molecule has 2 heterocycles. The van der Waals surface area contributed by atoms with Gasteiger partial charge in [0.05, 0.1) is 5.56 Å². The average molecular weight is 440 g/mol. The minimum Gasteiger partial charge on any atom is -0.341 e. The molecule has 0 spiro atoms. The number of carbonyl (C=O) groups excluding carboxylic acids is 1. The molecule has 2 aromatic carbocycles. The zero-order chi connectivity index (χ0) is 22.7. The summed E-state index contributed by atoms with van der Waals surface area (Å²) in [5.41, 5.74) is 0.702. The molecule has 1 aliphatic heterocycles. The lowest BCUT2D eigenvalue weighted by Crippen LogP contribution is -2.35. The van der Waals surface area contributed by atoms with Gasteiger partial charge in [-0.15, -0.1) is 0 Å². The third-order valence-electron chi connectivity index (χ3n) is 5.78. The SMILES string of the molecule is CN(C(=O)c1ccc(C(F)(F)F)cc1)c1ccnc(N2CCC(c3ccccc3)CC2)n1. The van der Waals surface area contributed by atoms with Gasteiger partial charge in [-0.05, 0) is 54.7 Å². The van der Waals surface area contributed by atoms with Crippen LogP contribution in [0.1, 0.15) is 40.2 Å². The van der Waals surface area contributed by atoms with Crippen LogP contribution in [0.25, 0.3) is 0 Å². The Bertz CT molecular complexity index is 1060. The van der Waals surface area contributed by atoms with E-state index >= 15 is 0 Å². The molecule has 1 aromatic heterocycles. The lowest BCUT2D eigenvalue weighted by Gasteiger charge is -2.32. The smallest absolute Gasteiger partial charge is 0.341 e. The number of amides is 1. The van der Waals surface area contributed by atoms with Crippen LogP contribution in [0.4, 0.5) is 24.9 Å². The molecule has 1 saturated heterocycles. The topological polar surface area (TPSA) is 49.3 Å². The number of hydrogen-bond donors (Lipinski definition) is 0. The van der Waals surface area contributed by atoms with Crippen molar-refractivity contribution in [3.05, 3.63) is 83.6 Å². The van der Waals surface area contributed by atoms with Gasteiger partial charge in [0, 0.05) is 31.9 Å². The largest absolute Gasteiger partial charge is 0.416 e. The van der Waals surface area contributed by atoms with E-state index in [1.807, 2.05) is 6.07 Å². The van der Waals surface area contributed by atoms with Gasteiger partial charge < -0.3 is 4.90 Å². The van der Waals surface area contributed by atoms with Crippen molar-refractivity contribution >= 4 is 17.7 Å². The van der Waals surface area contributed by atoms with Crippen LogP contribution in [0, 0.1) is 0 Å². The van der Waals surface area contributed by atoms with E-state index in [1.54, 1.807) is 19.3 Å². The van der Waals surface area contributed by atoms with Gasteiger partial charge in [0.25, 0.3) is 5.91 Å². The number of aromatic nitrogens is 2. The van der Waals surface area contributed by atoms with E-state index in [2.05, 4.69) is 39.1 Å². The maximum absolute atomic E-state index is 12.8. The summed E-state index contributed by atoms with van der Waals surface area (Å²) < 4.78 is 38.3. The average Bonchev–Trinajstić information content (AvgIpc) is 2.83. The molecule has 0 saturated carbocycles. The number of halogens is 3. The Morgan fingerprint density at radius 3 is 2.28 bits per heavy atom. The summed E-state index contributed by atoms with van der Waals surface area (Å²) in [6.07, 6.45) is -0.879. The van der Waals surface area contributed by atoms with E-state index in [9.17, 15) is 18.0 Å². The molecule has 166 valence electrons. The molecule has 8 heteroatoms. The van der Waals surface area contributed by atoms with Crippen LogP contribution in [0.15, 0.2) is 66.9 Å². The zero-order valence-electron chi connectivity index (χ0n) is 17.6. The fourth-order valence-electron chi connectivity index (χ4n) is 3.92. The minimum absolute atomic E-state index is 0.157. The second-order valence-electron chi connectivity index (χ2n) is 7.83. The highest BCUT2D eigenvalue weighted by Gasteiger charge is 2.30. The van der Waals surface area contributed by atoms with Crippen molar-refractivity contribution in [3.63, 3.8) is 0 Å². The quantitative estimate of drug-likeness (QED) is 0.563. The molecule has 1 amide bonds. The molecule has 0 N–H and O–H groups in total. The van der Waals surface area contributed by atoms with E-state index in [-0.39, 0.29) is 5.56 Å². The monoisotopic (exact) mass is 440 g/mol. The molecule has 3 aromatic rings. The van der Waals surface area contributed by atoms with Gasteiger partial charge in [0.15, 0.2) is 0 Å². The number of nitrogens with zero attached hydrogens (tertiary/aromatic N) is 4. The number of hydrogen-bond acceptors (Lipinski definition) is 4. The highest BCUT2D eigenvalue weighted by Crippen LogP contribution is 2.31. The molecule has 0 atom stereocenters. The molecule has 0 bridgehead atoms. The van der Waals surface area contributed by atoms with Crippen molar-refractivity contribution in [2.75, 3.05) is 29.9 Å². The Balaban J connectivity index is 1.44.